The summed E-state index contributed by atoms with van der Waals surface area (Å²) in [4.78, 5) is 37.1. The molecule has 5 nitrogen and oxygen atoms in total. The van der Waals surface area contributed by atoms with E-state index in [2.05, 4.69) is 10.6 Å². The van der Waals surface area contributed by atoms with E-state index in [1.807, 2.05) is 26.0 Å². The molecule has 0 fully saturated rings. The highest BCUT2D eigenvalue weighted by atomic mass is 16.2. The highest BCUT2D eigenvalue weighted by molar-refractivity contribution is 6.14. The van der Waals surface area contributed by atoms with Crippen LogP contribution in [0.3, 0.4) is 0 Å². The molecule has 0 aliphatic heterocycles. The lowest BCUT2D eigenvalue weighted by atomic mass is 9.83. The van der Waals surface area contributed by atoms with Gasteiger partial charge in [-0.05, 0) is 36.1 Å². The van der Waals surface area contributed by atoms with E-state index in [4.69, 9.17) is 0 Å². The van der Waals surface area contributed by atoms with Gasteiger partial charge in [0.05, 0.1) is 0 Å². The summed E-state index contributed by atoms with van der Waals surface area (Å²) in [6.45, 7) is 3.90. The summed E-state index contributed by atoms with van der Waals surface area (Å²) in [6, 6.07) is 10.8. The molecule has 2 aromatic rings. The monoisotopic (exact) mass is 364 g/mol. The normalized spacial score (nSPS) is 12.1. The maximum absolute atomic E-state index is 13.0. The summed E-state index contributed by atoms with van der Waals surface area (Å²) in [6.07, 6.45) is 2.88. The van der Waals surface area contributed by atoms with Gasteiger partial charge in [0.25, 0.3) is 0 Å². The van der Waals surface area contributed by atoms with Crippen LogP contribution >= 0.6 is 0 Å². The number of hydrogen-bond donors (Lipinski definition) is 2. The van der Waals surface area contributed by atoms with Gasteiger partial charge < -0.3 is 10.6 Å². The van der Waals surface area contributed by atoms with Gasteiger partial charge >= 0.3 is 0 Å². The average molecular weight is 364 g/mol. The molecule has 1 aliphatic rings. The Labute approximate surface area is 159 Å². The highest BCUT2D eigenvalue weighted by Crippen LogP contribution is 2.35. The van der Waals surface area contributed by atoms with Gasteiger partial charge in [0, 0.05) is 41.8 Å². The van der Waals surface area contributed by atoms with E-state index in [1.165, 1.54) is 0 Å². The van der Waals surface area contributed by atoms with E-state index in [0.29, 0.717) is 41.8 Å². The molecule has 0 spiro atoms. The van der Waals surface area contributed by atoms with Crippen molar-refractivity contribution in [1.82, 2.24) is 0 Å². The van der Waals surface area contributed by atoms with E-state index in [0.717, 1.165) is 24.0 Å². The summed E-state index contributed by atoms with van der Waals surface area (Å²) >= 11 is 0. The molecular formula is C22H24N2O3. The number of anilines is 2. The zero-order valence-corrected chi connectivity index (χ0v) is 15.7. The number of hydrogen-bond acceptors (Lipinski definition) is 3. The molecule has 0 unspecified atom stereocenters. The van der Waals surface area contributed by atoms with Gasteiger partial charge in [-0.15, -0.1) is 0 Å². The highest BCUT2D eigenvalue weighted by Gasteiger charge is 2.27. The lowest BCUT2D eigenvalue weighted by molar-refractivity contribution is -0.117. The molecular weight excluding hydrogens is 340 g/mol. The SMILES string of the molecule is CCCC(=O)Nc1cccc2c1Cc1c(NC(=O)CCC)cccc1C2=O. The number of carbonyl (C=O) groups is 3. The van der Waals surface area contributed by atoms with E-state index >= 15 is 0 Å². The van der Waals surface area contributed by atoms with Crippen molar-refractivity contribution in [3.8, 4) is 0 Å². The summed E-state index contributed by atoms with van der Waals surface area (Å²) < 4.78 is 0. The lowest BCUT2D eigenvalue weighted by Crippen LogP contribution is -2.21. The van der Waals surface area contributed by atoms with Crippen LogP contribution in [-0.4, -0.2) is 17.6 Å². The predicted molar refractivity (Wildman–Crippen MR) is 106 cm³/mol. The molecule has 3 rings (SSSR count). The number of amides is 2. The van der Waals surface area contributed by atoms with Crippen LogP contribution in [0.15, 0.2) is 36.4 Å². The fourth-order valence-electron chi connectivity index (χ4n) is 3.42. The Hall–Kier alpha value is -2.95. The summed E-state index contributed by atoms with van der Waals surface area (Å²) in [5.41, 5.74) is 4.15. The Kier molecular flexibility index (Phi) is 5.69. The Morgan fingerprint density at radius 3 is 1.67 bits per heavy atom. The minimum Gasteiger partial charge on any atom is -0.326 e. The fraction of sp³-hybridized carbons (Fsp3) is 0.318. The maximum atomic E-state index is 13.0. The van der Waals surface area contributed by atoms with E-state index in [1.54, 1.807) is 24.3 Å². The first-order valence-corrected chi connectivity index (χ1v) is 9.43. The van der Waals surface area contributed by atoms with Crippen molar-refractivity contribution in [3.05, 3.63) is 58.7 Å². The topological polar surface area (TPSA) is 75.3 Å². The first-order chi connectivity index (χ1) is 13.0. The summed E-state index contributed by atoms with van der Waals surface area (Å²) in [5.74, 6) is -0.202. The van der Waals surface area contributed by atoms with Crippen LogP contribution in [0.5, 0.6) is 0 Å². The molecule has 27 heavy (non-hydrogen) atoms. The average Bonchev–Trinajstić information content (AvgIpc) is 2.64. The zero-order valence-electron chi connectivity index (χ0n) is 15.7. The molecule has 1 aliphatic carbocycles. The van der Waals surface area contributed by atoms with Crippen molar-refractivity contribution in [2.75, 3.05) is 10.6 Å². The van der Waals surface area contributed by atoms with Gasteiger partial charge in [0.2, 0.25) is 11.8 Å². The minimum absolute atomic E-state index is 0.0614. The van der Waals surface area contributed by atoms with Crippen LogP contribution in [0.4, 0.5) is 11.4 Å². The quantitative estimate of drug-likeness (QED) is 0.685. The third kappa shape index (κ3) is 3.92. The summed E-state index contributed by atoms with van der Waals surface area (Å²) in [5, 5.41) is 5.85. The van der Waals surface area contributed by atoms with E-state index < -0.39 is 0 Å². The van der Waals surface area contributed by atoms with E-state index in [-0.39, 0.29) is 17.6 Å². The molecule has 2 aromatic carbocycles. The van der Waals surface area contributed by atoms with Crippen molar-refractivity contribution in [3.63, 3.8) is 0 Å². The molecule has 140 valence electrons. The van der Waals surface area contributed by atoms with Crippen LogP contribution in [0.2, 0.25) is 0 Å². The van der Waals surface area contributed by atoms with Crippen molar-refractivity contribution in [2.24, 2.45) is 0 Å². The predicted octanol–water partition coefficient (Wildman–Crippen LogP) is 4.30. The van der Waals surface area contributed by atoms with Crippen LogP contribution in [-0.2, 0) is 16.0 Å². The van der Waals surface area contributed by atoms with Crippen LogP contribution < -0.4 is 10.6 Å². The van der Waals surface area contributed by atoms with Gasteiger partial charge in [-0.3, -0.25) is 14.4 Å². The third-order valence-electron chi connectivity index (χ3n) is 4.70. The van der Waals surface area contributed by atoms with Crippen molar-refractivity contribution in [2.45, 2.75) is 46.0 Å². The molecule has 0 heterocycles. The Morgan fingerprint density at radius 2 is 1.26 bits per heavy atom. The first-order valence-electron chi connectivity index (χ1n) is 9.43. The molecule has 2 amide bonds. The van der Waals surface area contributed by atoms with Crippen LogP contribution in [0, 0.1) is 0 Å². The molecule has 0 aromatic heterocycles. The first kappa shape index (κ1) is 18.8. The Morgan fingerprint density at radius 1 is 0.815 bits per heavy atom. The maximum Gasteiger partial charge on any atom is 0.224 e. The minimum atomic E-state index is -0.0792. The molecule has 0 saturated heterocycles. The number of ketones is 1. The number of fused-ring (bicyclic) bond motifs is 2. The van der Waals surface area contributed by atoms with Gasteiger partial charge in [-0.2, -0.15) is 0 Å². The third-order valence-corrected chi connectivity index (χ3v) is 4.70. The molecule has 0 atom stereocenters. The van der Waals surface area contributed by atoms with E-state index in [9.17, 15) is 14.4 Å². The van der Waals surface area contributed by atoms with Gasteiger partial charge in [-0.1, -0.05) is 38.1 Å². The van der Waals surface area contributed by atoms with Gasteiger partial charge in [0.15, 0.2) is 5.78 Å². The van der Waals surface area contributed by atoms with Gasteiger partial charge in [-0.25, -0.2) is 0 Å². The smallest absolute Gasteiger partial charge is 0.224 e. The second-order valence-corrected chi connectivity index (χ2v) is 6.77. The summed E-state index contributed by atoms with van der Waals surface area (Å²) in [7, 11) is 0. The van der Waals surface area contributed by atoms with Crippen molar-refractivity contribution >= 4 is 29.0 Å². The molecule has 5 heteroatoms. The molecule has 0 bridgehead atoms. The standard InChI is InChI=1S/C22H24N2O3/c1-3-7-20(25)23-18-11-5-9-14-16(18)13-17-15(22(14)27)10-6-12-19(17)24-21(26)8-4-2/h5-6,9-12H,3-4,7-8,13H2,1-2H3,(H,23,25)(H,24,26). The van der Waals surface area contributed by atoms with Crippen molar-refractivity contribution in [1.29, 1.82) is 0 Å². The Balaban J connectivity index is 1.98. The molecule has 2 N–H and O–H groups in total. The Bertz CT molecular complexity index is 831. The number of nitrogens with one attached hydrogen (secondary N) is 2. The van der Waals surface area contributed by atoms with Crippen molar-refractivity contribution < 1.29 is 14.4 Å². The lowest BCUT2D eigenvalue weighted by Gasteiger charge is -2.24. The number of carbonyl (C=O) groups excluding carboxylic acids is 3. The fourth-order valence-corrected chi connectivity index (χ4v) is 3.42. The van der Waals surface area contributed by atoms with Gasteiger partial charge in [0.1, 0.15) is 0 Å². The second kappa shape index (κ2) is 8.16. The largest absolute Gasteiger partial charge is 0.326 e. The second-order valence-electron chi connectivity index (χ2n) is 6.77. The van der Waals surface area contributed by atoms with Crippen LogP contribution in [0.25, 0.3) is 0 Å². The molecule has 0 radical (unpaired) electrons. The zero-order chi connectivity index (χ0) is 19.4. The van der Waals surface area contributed by atoms with Crippen LogP contribution in [0.1, 0.15) is 66.6 Å². The molecule has 0 saturated carbocycles. The number of benzene rings is 2. The number of rotatable bonds is 6.